The Labute approximate surface area is 142 Å². The summed E-state index contributed by atoms with van der Waals surface area (Å²) >= 11 is 17.0. The van der Waals surface area contributed by atoms with E-state index in [-0.39, 0.29) is 0 Å². The summed E-state index contributed by atoms with van der Waals surface area (Å²) < 4.78 is 1.97. The Kier molecular flexibility index (Phi) is 4.38. The van der Waals surface area contributed by atoms with Crippen molar-refractivity contribution < 1.29 is 0 Å². The van der Waals surface area contributed by atoms with E-state index in [4.69, 9.17) is 35.4 Å². The van der Waals surface area contributed by atoms with Gasteiger partial charge in [-0.1, -0.05) is 35.3 Å². The molecule has 0 saturated carbocycles. The van der Waals surface area contributed by atoms with Gasteiger partial charge in [-0.15, -0.1) is 0 Å². The summed E-state index contributed by atoms with van der Waals surface area (Å²) in [6.07, 6.45) is 1.70. The van der Waals surface area contributed by atoms with Crippen molar-refractivity contribution in [1.29, 1.82) is 0 Å². The second-order valence-corrected chi connectivity index (χ2v) is 5.73. The molecule has 0 fully saturated rings. The van der Waals surface area contributed by atoms with Crippen LogP contribution in [0, 0.1) is 4.77 Å². The molecule has 22 heavy (non-hydrogen) atoms. The predicted octanol–water partition coefficient (Wildman–Crippen LogP) is 4.80. The molecule has 1 aromatic heterocycles. The highest BCUT2D eigenvalue weighted by Crippen LogP contribution is 2.19. The molecule has 1 heterocycles. The van der Waals surface area contributed by atoms with Gasteiger partial charge < -0.3 is 0 Å². The maximum atomic E-state index is 5.90. The summed E-state index contributed by atoms with van der Waals surface area (Å²) in [6, 6.07) is 14.7. The van der Waals surface area contributed by atoms with Crippen LogP contribution in [0.4, 0.5) is 0 Å². The number of nitrogens with one attached hydrogen (secondary N) is 1. The Bertz CT molecular complexity index is 864. The van der Waals surface area contributed by atoms with E-state index in [1.165, 1.54) is 0 Å². The molecule has 3 aromatic rings. The van der Waals surface area contributed by atoms with Gasteiger partial charge in [-0.2, -0.15) is 14.9 Å². The van der Waals surface area contributed by atoms with Crippen LogP contribution < -0.4 is 0 Å². The van der Waals surface area contributed by atoms with Gasteiger partial charge in [-0.3, -0.25) is 0 Å². The van der Waals surface area contributed by atoms with Gasteiger partial charge in [0.1, 0.15) is 0 Å². The summed E-state index contributed by atoms with van der Waals surface area (Å²) in [4.78, 5) is 0. The fourth-order valence-electron chi connectivity index (χ4n) is 1.86. The van der Waals surface area contributed by atoms with Crippen LogP contribution in [0.15, 0.2) is 53.6 Å². The normalized spacial score (nSPS) is 11.2. The first-order valence-corrected chi connectivity index (χ1v) is 7.53. The van der Waals surface area contributed by atoms with E-state index < -0.39 is 0 Å². The van der Waals surface area contributed by atoms with Crippen LogP contribution >= 0.6 is 35.4 Å². The standard InChI is InChI=1S/C15H10Cl2N4S/c16-12-5-1-10(2-6-12)9-18-21-14(19-20-15(21)22)11-3-7-13(17)8-4-11/h1-9H,(H,20,22). The van der Waals surface area contributed by atoms with Crippen molar-refractivity contribution in [3.8, 4) is 11.4 Å². The molecule has 0 amide bonds. The lowest BCUT2D eigenvalue weighted by atomic mass is 10.2. The number of benzene rings is 2. The Morgan fingerprint density at radius 1 is 1.00 bits per heavy atom. The van der Waals surface area contributed by atoms with Gasteiger partial charge >= 0.3 is 0 Å². The first-order chi connectivity index (χ1) is 10.6. The zero-order valence-electron chi connectivity index (χ0n) is 11.2. The summed E-state index contributed by atoms with van der Waals surface area (Å²) in [5.41, 5.74) is 1.78. The topological polar surface area (TPSA) is 46.0 Å². The van der Waals surface area contributed by atoms with Crippen LogP contribution in [0.2, 0.25) is 10.0 Å². The first-order valence-electron chi connectivity index (χ1n) is 6.37. The lowest BCUT2D eigenvalue weighted by Gasteiger charge is -2.01. The summed E-state index contributed by atoms with van der Waals surface area (Å²) in [5, 5.41) is 12.7. The number of H-pyrrole nitrogens is 1. The molecule has 2 aromatic carbocycles. The number of hydrogen-bond donors (Lipinski definition) is 1. The average molecular weight is 349 g/mol. The third kappa shape index (κ3) is 3.27. The number of aromatic amines is 1. The van der Waals surface area contributed by atoms with Gasteiger partial charge in [0.2, 0.25) is 4.77 Å². The highest BCUT2D eigenvalue weighted by atomic mass is 35.5. The highest BCUT2D eigenvalue weighted by Gasteiger charge is 2.07. The van der Waals surface area contributed by atoms with E-state index >= 15 is 0 Å². The van der Waals surface area contributed by atoms with Crippen molar-refractivity contribution in [1.82, 2.24) is 14.9 Å². The van der Waals surface area contributed by atoms with Crippen LogP contribution in [-0.4, -0.2) is 21.1 Å². The van der Waals surface area contributed by atoms with Gasteiger partial charge in [0, 0.05) is 15.6 Å². The van der Waals surface area contributed by atoms with Crippen molar-refractivity contribution >= 4 is 41.6 Å². The molecule has 110 valence electrons. The molecule has 0 unspecified atom stereocenters. The monoisotopic (exact) mass is 348 g/mol. The Morgan fingerprint density at radius 2 is 1.59 bits per heavy atom. The van der Waals surface area contributed by atoms with Gasteiger partial charge in [0.15, 0.2) is 5.82 Å². The second-order valence-electron chi connectivity index (χ2n) is 4.47. The molecule has 0 aliphatic heterocycles. The molecular weight excluding hydrogens is 339 g/mol. The zero-order chi connectivity index (χ0) is 15.5. The minimum Gasteiger partial charge on any atom is -0.250 e. The van der Waals surface area contributed by atoms with Crippen LogP contribution in [0.3, 0.4) is 0 Å². The fourth-order valence-corrected chi connectivity index (χ4v) is 2.29. The minimum atomic E-state index is 0.412. The summed E-state index contributed by atoms with van der Waals surface area (Å²) in [6.45, 7) is 0. The van der Waals surface area contributed by atoms with E-state index in [1.807, 2.05) is 24.3 Å². The van der Waals surface area contributed by atoms with E-state index in [9.17, 15) is 0 Å². The lowest BCUT2D eigenvalue weighted by Crippen LogP contribution is -1.94. The molecule has 0 saturated heterocycles. The van der Waals surface area contributed by atoms with Crippen LogP contribution in [0.25, 0.3) is 11.4 Å². The van der Waals surface area contributed by atoms with Crippen molar-refractivity contribution in [2.75, 3.05) is 0 Å². The first kappa shape index (κ1) is 15.0. The van der Waals surface area contributed by atoms with Gasteiger partial charge in [-0.05, 0) is 54.2 Å². The van der Waals surface area contributed by atoms with E-state index in [0.29, 0.717) is 20.6 Å². The third-order valence-corrected chi connectivity index (χ3v) is 3.71. The van der Waals surface area contributed by atoms with Gasteiger partial charge in [-0.25, -0.2) is 5.10 Å². The van der Waals surface area contributed by atoms with E-state index in [1.54, 1.807) is 35.2 Å². The Hall–Kier alpha value is -1.95. The van der Waals surface area contributed by atoms with Crippen LogP contribution in [0.5, 0.6) is 0 Å². The number of rotatable bonds is 3. The van der Waals surface area contributed by atoms with Crippen LogP contribution in [0.1, 0.15) is 5.56 Å². The zero-order valence-corrected chi connectivity index (χ0v) is 13.5. The summed E-state index contributed by atoms with van der Waals surface area (Å²) in [5.74, 6) is 0.617. The minimum absolute atomic E-state index is 0.412. The van der Waals surface area contributed by atoms with E-state index in [2.05, 4.69) is 15.3 Å². The number of hydrogen-bond acceptors (Lipinski definition) is 3. The molecule has 0 radical (unpaired) electrons. The molecule has 0 aliphatic carbocycles. The third-order valence-electron chi connectivity index (χ3n) is 2.95. The van der Waals surface area contributed by atoms with Crippen molar-refractivity contribution in [2.24, 2.45) is 5.10 Å². The highest BCUT2D eigenvalue weighted by molar-refractivity contribution is 7.71. The fraction of sp³-hybridized carbons (Fsp3) is 0. The van der Waals surface area contributed by atoms with Crippen LogP contribution in [-0.2, 0) is 0 Å². The number of aromatic nitrogens is 3. The van der Waals surface area contributed by atoms with Crippen molar-refractivity contribution in [3.05, 3.63) is 68.9 Å². The maximum absolute atomic E-state index is 5.90. The van der Waals surface area contributed by atoms with E-state index in [0.717, 1.165) is 11.1 Å². The molecule has 4 nitrogen and oxygen atoms in total. The molecule has 1 N–H and O–H groups in total. The second kappa shape index (κ2) is 6.44. The molecule has 0 atom stereocenters. The number of nitrogens with zero attached hydrogens (tertiary/aromatic N) is 3. The molecule has 0 spiro atoms. The molecular formula is C15H10Cl2N4S. The largest absolute Gasteiger partial charge is 0.250 e. The SMILES string of the molecule is S=c1[nH]nc(-c2ccc(Cl)cc2)n1N=Cc1ccc(Cl)cc1. The molecule has 0 bridgehead atoms. The average Bonchev–Trinajstić information content (AvgIpc) is 2.89. The molecule has 7 heteroatoms. The molecule has 0 aliphatic rings. The van der Waals surface area contributed by atoms with Crippen molar-refractivity contribution in [3.63, 3.8) is 0 Å². The number of halogens is 2. The Balaban J connectivity index is 1.97. The van der Waals surface area contributed by atoms with Gasteiger partial charge in [0.25, 0.3) is 0 Å². The quantitative estimate of drug-likeness (QED) is 0.545. The predicted molar refractivity (Wildman–Crippen MR) is 92.3 cm³/mol. The summed E-state index contributed by atoms with van der Waals surface area (Å²) in [7, 11) is 0. The van der Waals surface area contributed by atoms with Crippen molar-refractivity contribution in [2.45, 2.75) is 0 Å². The molecule has 3 rings (SSSR count). The smallest absolute Gasteiger partial charge is 0.216 e. The Morgan fingerprint density at radius 3 is 2.23 bits per heavy atom. The lowest BCUT2D eigenvalue weighted by molar-refractivity contribution is 0.871. The van der Waals surface area contributed by atoms with Gasteiger partial charge in [0.05, 0.1) is 6.21 Å². The maximum Gasteiger partial charge on any atom is 0.216 e.